The van der Waals surface area contributed by atoms with Crippen LogP contribution in [0.1, 0.15) is 24.5 Å². The average Bonchev–Trinajstić information content (AvgIpc) is 2.43. The zero-order chi connectivity index (χ0) is 15.2. The van der Waals surface area contributed by atoms with E-state index >= 15 is 0 Å². The third-order valence-electron chi connectivity index (χ3n) is 3.29. The SMILES string of the molecule is CCCN(Cc1cccc(N)c1)Cc1ccc(F)c(Br)c1. The van der Waals surface area contributed by atoms with Crippen LogP contribution < -0.4 is 5.73 Å². The summed E-state index contributed by atoms with van der Waals surface area (Å²) < 4.78 is 13.8. The molecule has 0 atom stereocenters. The molecule has 112 valence electrons. The highest BCUT2D eigenvalue weighted by molar-refractivity contribution is 9.10. The Bertz CT molecular complexity index is 601. The maximum atomic E-state index is 13.3. The van der Waals surface area contributed by atoms with Crippen LogP contribution in [0.25, 0.3) is 0 Å². The highest BCUT2D eigenvalue weighted by Crippen LogP contribution is 2.19. The molecule has 2 N–H and O–H groups in total. The molecule has 0 saturated heterocycles. The Balaban J connectivity index is 2.09. The second kappa shape index (κ2) is 7.57. The van der Waals surface area contributed by atoms with Gasteiger partial charge in [-0.25, -0.2) is 4.39 Å². The molecule has 4 heteroatoms. The van der Waals surface area contributed by atoms with Gasteiger partial charge in [0.05, 0.1) is 4.47 Å². The third kappa shape index (κ3) is 4.83. The molecule has 0 amide bonds. The van der Waals surface area contributed by atoms with E-state index in [0.29, 0.717) is 4.47 Å². The van der Waals surface area contributed by atoms with Crippen molar-refractivity contribution in [3.8, 4) is 0 Å². The number of hydrogen-bond donors (Lipinski definition) is 1. The van der Waals surface area contributed by atoms with Crippen LogP contribution in [0.15, 0.2) is 46.9 Å². The van der Waals surface area contributed by atoms with E-state index in [2.05, 4.69) is 33.8 Å². The summed E-state index contributed by atoms with van der Waals surface area (Å²) in [6, 6.07) is 13.1. The van der Waals surface area contributed by atoms with Gasteiger partial charge in [-0.05, 0) is 64.3 Å². The Hall–Kier alpha value is -1.39. The van der Waals surface area contributed by atoms with Gasteiger partial charge in [0.2, 0.25) is 0 Å². The van der Waals surface area contributed by atoms with Crippen LogP contribution in [0, 0.1) is 5.82 Å². The Morgan fingerprint density at radius 2 is 1.81 bits per heavy atom. The minimum Gasteiger partial charge on any atom is -0.399 e. The van der Waals surface area contributed by atoms with Crippen LogP contribution in [-0.2, 0) is 13.1 Å². The van der Waals surface area contributed by atoms with Crippen LogP contribution >= 0.6 is 15.9 Å². The van der Waals surface area contributed by atoms with Crippen molar-refractivity contribution in [2.24, 2.45) is 0 Å². The van der Waals surface area contributed by atoms with E-state index in [9.17, 15) is 4.39 Å². The van der Waals surface area contributed by atoms with Crippen molar-refractivity contribution in [3.63, 3.8) is 0 Å². The molecule has 0 fully saturated rings. The fourth-order valence-electron chi connectivity index (χ4n) is 2.38. The van der Waals surface area contributed by atoms with Gasteiger partial charge in [-0.1, -0.05) is 25.1 Å². The summed E-state index contributed by atoms with van der Waals surface area (Å²) in [4.78, 5) is 2.34. The van der Waals surface area contributed by atoms with E-state index in [1.165, 1.54) is 11.6 Å². The molecule has 0 aliphatic heterocycles. The van der Waals surface area contributed by atoms with Gasteiger partial charge < -0.3 is 5.73 Å². The van der Waals surface area contributed by atoms with Gasteiger partial charge in [0.15, 0.2) is 0 Å². The van der Waals surface area contributed by atoms with E-state index < -0.39 is 0 Å². The Kier molecular flexibility index (Phi) is 5.76. The molecule has 0 aromatic heterocycles. The highest BCUT2D eigenvalue weighted by atomic mass is 79.9. The second-order valence-corrected chi connectivity index (χ2v) is 6.06. The third-order valence-corrected chi connectivity index (χ3v) is 3.89. The number of nitrogens with zero attached hydrogens (tertiary/aromatic N) is 1. The van der Waals surface area contributed by atoms with Crippen molar-refractivity contribution in [2.45, 2.75) is 26.4 Å². The van der Waals surface area contributed by atoms with Gasteiger partial charge in [0, 0.05) is 18.8 Å². The molecule has 2 rings (SSSR count). The average molecular weight is 351 g/mol. The Morgan fingerprint density at radius 1 is 1.10 bits per heavy atom. The number of halogens is 2. The van der Waals surface area contributed by atoms with Crippen molar-refractivity contribution >= 4 is 21.6 Å². The van der Waals surface area contributed by atoms with E-state index in [4.69, 9.17) is 5.73 Å². The fourth-order valence-corrected chi connectivity index (χ4v) is 2.80. The Morgan fingerprint density at radius 3 is 2.43 bits per heavy atom. The van der Waals surface area contributed by atoms with Crippen LogP contribution in [0.2, 0.25) is 0 Å². The molecule has 2 aromatic rings. The zero-order valence-corrected chi connectivity index (χ0v) is 13.7. The molecule has 0 bridgehead atoms. The maximum absolute atomic E-state index is 13.3. The number of nitrogen functional groups attached to an aromatic ring is 1. The van der Waals surface area contributed by atoms with Gasteiger partial charge in [-0.15, -0.1) is 0 Å². The van der Waals surface area contributed by atoms with Crippen molar-refractivity contribution in [1.82, 2.24) is 4.90 Å². The minimum atomic E-state index is -0.225. The Labute approximate surface area is 133 Å². The maximum Gasteiger partial charge on any atom is 0.137 e. The van der Waals surface area contributed by atoms with Gasteiger partial charge in [-0.2, -0.15) is 0 Å². The smallest absolute Gasteiger partial charge is 0.137 e. The summed E-state index contributed by atoms with van der Waals surface area (Å²) in [5.74, 6) is -0.225. The number of anilines is 1. The number of rotatable bonds is 6. The molecule has 0 radical (unpaired) electrons. The lowest BCUT2D eigenvalue weighted by Gasteiger charge is -2.22. The van der Waals surface area contributed by atoms with Crippen LogP contribution in [0.3, 0.4) is 0 Å². The van der Waals surface area contributed by atoms with E-state index in [1.807, 2.05) is 30.3 Å². The molecule has 2 aromatic carbocycles. The zero-order valence-electron chi connectivity index (χ0n) is 12.2. The molecule has 0 aliphatic carbocycles. The lowest BCUT2D eigenvalue weighted by atomic mass is 10.1. The van der Waals surface area contributed by atoms with Gasteiger partial charge in [-0.3, -0.25) is 4.90 Å². The first kappa shape index (κ1) is 16.0. The predicted molar refractivity (Wildman–Crippen MR) is 89.4 cm³/mol. The molecule has 21 heavy (non-hydrogen) atoms. The molecule has 2 nitrogen and oxygen atoms in total. The van der Waals surface area contributed by atoms with Crippen molar-refractivity contribution in [3.05, 3.63) is 63.9 Å². The number of nitrogens with two attached hydrogens (primary N) is 1. The van der Waals surface area contributed by atoms with Crippen LogP contribution in [-0.4, -0.2) is 11.4 Å². The summed E-state index contributed by atoms with van der Waals surface area (Å²) in [6.45, 7) is 4.78. The first-order valence-electron chi connectivity index (χ1n) is 7.09. The second-order valence-electron chi connectivity index (χ2n) is 5.20. The quantitative estimate of drug-likeness (QED) is 0.772. The molecular weight excluding hydrogens is 331 g/mol. The molecule has 0 unspecified atom stereocenters. The van der Waals surface area contributed by atoms with E-state index in [-0.39, 0.29) is 5.82 Å². The topological polar surface area (TPSA) is 29.3 Å². The van der Waals surface area contributed by atoms with Gasteiger partial charge in [0.25, 0.3) is 0 Å². The normalized spacial score (nSPS) is 11.0. The molecule has 0 spiro atoms. The van der Waals surface area contributed by atoms with Gasteiger partial charge in [0.1, 0.15) is 5.82 Å². The van der Waals surface area contributed by atoms with Gasteiger partial charge >= 0.3 is 0 Å². The largest absolute Gasteiger partial charge is 0.399 e. The molecule has 0 aliphatic rings. The first-order chi connectivity index (χ1) is 10.1. The molecular formula is C17H20BrFN2. The lowest BCUT2D eigenvalue weighted by Crippen LogP contribution is -2.23. The molecule has 0 heterocycles. The summed E-state index contributed by atoms with van der Waals surface area (Å²) in [6.07, 6.45) is 1.07. The number of hydrogen-bond acceptors (Lipinski definition) is 2. The molecule has 0 saturated carbocycles. The number of benzene rings is 2. The summed E-state index contributed by atoms with van der Waals surface area (Å²) in [5.41, 5.74) is 8.91. The van der Waals surface area contributed by atoms with Crippen molar-refractivity contribution in [1.29, 1.82) is 0 Å². The lowest BCUT2D eigenvalue weighted by molar-refractivity contribution is 0.257. The standard InChI is InChI=1S/C17H20BrFN2/c1-2-8-21(11-13-4-3-5-15(20)9-13)12-14-6-7-17(19)16(18)10-14/h3-7,9-10H,2,8,11-12,20H2,1H3. The predicted octanol–water partition coefficient (Wildman–Crippen LogP) is 4.58. The minimum absolute atomic E-state index is 0.225. The summed E-state index contributed by atoms with van der Waals surface area (Å²) in [7, 11) is 0. The van der Waals surface area contributed by atoms with E-state index in [1.54, 1.807) is 0 Å². The summed E-state index contributed by atoms with van der Waals surface area (Å²) in [5, 5.41) is 0. The first-order valence-corrected chi connectivity index (χ1v) is 7.88. The van der Waals surface area contributed by atoms with Crippen LogP contribution in [0.4, 0.5) is 10.1 Å². The highest BCUT2D eigenvalue weighted by Gasteiger charge is 2.08. The van der Waals surface area contributed by atoms with Crippen molar-refractivity contribution in [2.75, 3.05) is 12.3 Å². The summed E-state index contributed by atoms with van der Waals surface area (Å²) >= 11 is 3.24. The fraction of sp³-hybridized carbons (Fsp3) is 0.294. The monoisotopic (exact) mass is 350 g/mol. The van der Waals surface area contributed by atoms with Crippen molar-refractivity contribution < 1.29 is 4.39 Å². The van der Waals surface area contributed by atoms with E-state index in [0.717, 1.165) is 37.3 Å². The van der Waals surface area contributed by atoms with Crippen LogP contribution in [0.5, 0.6) is 0 Å².